The summed E-state index contributed by atoms with van der Waals surface area (Å²) in [4.78, 5) is 27.1. The second-order valence-electron chi connectivity index (χ2n) is 7.45. The molecule has 0 aliphatic heterocycles. The van der Waals surface area contributed by atoms with Gasteiger partial charge in [0.25, 0.3) is 0 Å². The lowest BCUT2D eigenvalue weighted by Crippen LogP contribution is -2.50. The third kappa shape index (κ3) is 7.32. The van der Waals surface area contributed by atoms with Gasteiger partial charge >= 0.3 is 0 Å². The summed E-state index contributed by atoms with van der Waals surface area (Å²) >= 11 is 17.9. The number of carbonyl (C=O) groups excluding carboxylic acids is 2. The first kappa shape index (κ1) is 27.4. The first-order valence-electron chi connectivity index (χ1n) is 10.2. The highest BCUT2D eigenvalue weighted by atomic mass is 35.5. The highest BCUT2D eigenvalue weighted by Crippen LogP contribution is 2.24. The molecule has 0 aromatic heterocycles. The SMILES string of the molecule is CCCNC(=O)[C@@H](C)N(Cc1ccc(Cl)c(Cl)c1)C(=O)CN(C)S(=O)(=O)c1ccc(Cl)cc1. The predicted molar refractivity (Wildman–Crippen MR) is 131 cm³/mol. The zero-order valence-corrected chi connectivity index (χ0v) is 21.6. The van der Waals surface area contributed by atoms with Crippen molar-refractivity contribution in [3.8, 4) is 0 Å². The van der Waals surface area contributed by atoms with E-state index in [1.807, 2.05) is 6.92 Å². The molecule has 11 heteroatoms. The number of benzene rings is 2. The van der Waals surface area contributed by atoms with Gasteiger partial charge < -0.3 is 10.2 Å². The number of carbonyl (C=O) groups is 2. The number of halogens is 3. The Bertz CT molecular complexity index is 1090. The highest BCUT2D eigenvalue weighted by Gasteiger charge is 2.30. The molecule has 0 heterocycles. The molecule has 0 bridgehead atoms. The van der Waals surface area contributed by atoms with Crippen molar-refractivity contribution in [3.63, 3.8) is 0 Å². The molecule has 2 amide bonds. The van der Waals surface area contributed by atoms with E-state index >= 15 is 0 Å². The Balaban J connectivity index is 2.28. The number of nitrogens with one attached hydrogen (secondary N) is 1. The number of rotatable bonds is 10. The Kier molecular flexibility index (Phi) is 10.00. The van der Waals surface area contributed by atoms with Gasteiger partial charge in [-0.15, -0.1) is 0 Å². The van der Waals surface area contributed by atoms with Gasteiger partial charge in [-0.05, 0) is 55.3 Å². The Labute approximate surface area is 209 Å². The fourth-order valence-electron chi connectivity index (χ4n) is 2.97. The molecule has 2 aromatic carbocycles. The molecule has 0 saturated heterocycles. The van der Waals surface area contributed by atoms with Crippen molar-refractivity contribution >= 4 is 56.6 Å². The molecule has 180 valence electrons. The molecule has 0 unspecified atom stereocenters. The quantitative estimate of drug-likeness (QED) is 0.495. The lowest BCUT2D eigenvalue weighted by Gasteiger charge is -2.30. The molecule has 2 aromatic rings. The number of likely N-dealkylation sites (N-methyl/N-ethyl adjacent to an activating group) is 1. The maximum Gasteiger partial charge on any atom is 0.243 e. The van der Waals surface area contributed by atoms with Gasteiger partial charge in [0, 0.05) is 25.2 Å². The molecule has 0 spiro atoms. The van der Waals surface area contributed by atoms with E-state index in [-0.39, 0.29) is 17.3 Å². The van der Waals surface area contributed by atoms with Gasteiger partial charge in [-0.25, -0.2) is 8.42 Å². The molecule has 0 radical (unpaired) electrons. The molecule has 1 atom stereocenters. The Hall–Kier alpha value is -1.84. The van der Waals surface area contributed by atoms with Crippen molar-refractivity contribution in [2.24, 2.45) is 0 Å². The van der Waals surface area contributed by atoms with Gasteiger partial charge in [0.05, 0.1) is 21.5 Å². The summed E-state index contributed by atoms with van der Waals surface area (Å²) in [6.45, 7) is 3.56. The molecule has 0 aliphatic carbocycles. The number of nitrogens with zero attached hydrogens (tertiary/aromatic N) is 2. The van der Waals surface area contributed by atoms with Crippen LogP contribution in [0.2, 0.25) is 15.1 Å². The van der Waals surface area contributed by atoms with Crippen LogP contribution in [0.25, 0.3) is 0 Å². The van der Waals surface area contributed by atoms with E-state index in [4.69, 9.17) is 34.8 Å². The van der Waals surface area contributed by atoms with E-state index in [2.05, 4.69) is 5.32 Å². The molecular weight excluding hydrogens is 509 g/mol. The summed E-state index contributed by atoms with van der Waals surface area (Å²) in [6.07, 6.45) is 0.737. The van der Waals surface area contributed by atoms with Crippen LogP contribution in [-0.4, -0.2) is 55.6 Å². The second kappa shape index (κ2) is 12.0. The lowest BCUT2D eigenvalue weighted by atomic mass is 10.1. The summed E-state index contributed by atoms with van der Waals surface area (Å²) < 4.78 is 26.7. The second-order valence-corrected chi connectivity index (χ2v) is 10.7. The summed E-state index contributed by atoms with van der Waals surface area (Å²) in [7, 11) is -2.64. The van der Waals surface area contributed by atoms with E-state index in [0.29, 0.717) is 27.2 Å². The van der Waals surface area contributed by atoms with Crippen LogP contribution in [0.1, 0.15) is 25.8 Å². The zero-order chi connectivity index (χ0) is 24.8. The topological polar surface area (TPSA) is 86.8 Å². The Morgan fingerprint density at radius 2 is 1.67 bits per heavy atom. The van der Waals surface area contributed by atoms with Crippen LogP contribution in [0, 0.1) is 0 Å². The molecular formula is C22H26Cl3N3O4S. The summed E-state index contributed by atoms with van der Waals surface area (Å²) in [5, 5.41) is 3.83. The highest BCUT2D eigenvalue weighted by molar-refractivity contribution is 7.89. The first-order valence-corrected chi connectivity index (χ1v) is 12.8. The Morgan fingerprint density at radius 1 is 1.03 bits per heavy atom. The molecule has 1 N–H and O–H groups in total. The molecule has 2 rings (SSSR count). The minimum atomic E-state index is -3.94. The van der Waals surface area contributed by atoms with E-state index in [0.717, 1.165) is 10.7 Å². The minimum Gasteiger partial charge on any atom is -0.354 e. The Morgan fingerprint density at radius 3 is 2.24 bits per heavy atom. The van der Waals surface area contributed by atoms with Crippen LogP contribution in [0.4, 0.5) is 0 Å². The number of amides is 2. The van der Waals surface area contributed by atoms with Crippen molar-refractivity contribution in [3.05, 3.63) is 63.1 Å². The minimum absolute atomic E-state index is 0.00645. The van der Waals surface area contributed by atoms with Crippen molar-refractivity contribution in [1.29, 1.82) is 0 Å². The summed E-state index contributed by atoms with van der Waals surface area (Å²) in [6, 6.07) is 9.71. The molecule has 0 saturated carbocycles. The van der Waals surface area contributed by atoms with E-state index in [9.17, 15) is 18.0 Å². The van der Waals surface area contributed by atoms with Crippen LogP contribution in [0.15, 0.2) is 47.4 Å². The van der Waals surface area contributed by atoms with Gasteiger partial charge in [-0.2, -0.15) is 4.31 Å². The van der Waals surface area contributed by atoms with Gasteiger partial charge in [0.1, 0.15) is 6.04 Å². The van der Waals surface area contributed by atoms with E-state index < -0.39 is 28.5 Å². The first-order chi connectivity index (χ1) is 15.5. The van der Waals surface area contributed by atoms with Crippen molar-refractivity contribution in [2.75, 3.05) is 20.1 Å². The summed E-state index contributed by atoms with van der Waals surface area (Å²) in [5.41, 5.74) is 0.649. The van der Waals surface area contributed by atoms with Gasteiger partial charge in [0.15, 0.2) is 0 Å². The van der Waals surface area contributed by atoms with Crippen molar-refractivity contribution < 1.29 is 18.0 Å². The van der Waals surface area contributed by atoms with Gasteiger partial charge in [-0.3, -0.25) is 9.59 Å². The fourth-order valence-corrected chi connectivity index (χ4v) is 4.53. The average Bonchev–Trinajstić information content (AvgIpc) is 2.77. The predicted octanol–water partition coefficient (Wildman–Crippen LogP) is 4.21. The molecule has 7 nitrogen and oxygen atoms in total. The molecule has 33 heavy (non-hydrogen) atoms. The smallest absolute Gasteiger partial charge is 0.243 e. The third-order valence-electron chi connectivity index (χ3n) is 4.93. The fraction of sp³-hybridized carbons (Fsp3) is 0.364. The van der Waals surface area contributed by atoms with Gasteiger partial charge in [0.2, 0.25) is 21.8 Å². The lowest BCUT2D eigenvalue weighted by molar-refractivity contribution is -0.140. The largest absolute Gasteiger partial charge is 0.354 e. The maximum atomic E-state index is 13.2. The monoisotopic (exact) mass is 533 g/mol. The van der Waals surface area contributed by atoms with E-state index in [1.165, 1.54) is 36.2 Å². The average molecular weight is 535 g/mol. The van der Waals surface area contributed by atoms with Crippen molar-refractivity contribution in [1.82, 2.24) is 14.5 Å². The summed E-state index contributed by atoms with van der Waals surface area (Å²) in [5.74, 6) is -0.881. The van der Waals surface area contributed by atoms with Crippen LogP contribution < -0.4 is 5.32 Å². The van der Waals surface area contributed by atoms with E-state index in [1.54, 1.807) is 25.1 Å². The van der Waals surface area contributed by atoms with Crippen LogP contribution in [0.3, 0.4) is 0 Å². The third-order valence-corrected chi connectivity index (χ3v) is 7.74. The van der Waals surface area contributed by atoms with Crippen molar-refractivity contribution in [2.45, 2.75) is 37.8 Å². The number of hydrogen-bond donors (Lipinski definition) is 1. The zero-order valence-electron chi connectivity index (χ0n) is 18.5. The molecule has 0 aliphatic rings. The van der Waals surface area contributed by atoms with Crippen LogP contribution in [0.5, 0.6) is 0 Å². The van der Waals surface area contributed by atoms with Crippen LogP contribution in [-0.2, 0) is 26.2 Å². The normalized spacial score (nSPS) is 12.5. The van der Waals surface area contributed by atoms with Crippen LogP contribution >= 0.6 is 34.8 Å². The molecule has 0 fully saturated rings. The number of hydrogen-bond acceptors (Lipinski definition) is 4. The maximum absolute atomic E-state index is 13.2. The van der Waals surface area contributed by atoms with Gasteiger partial charge in [-0.1, -0.05) is 47.8 Å². The number of sulfonamides is 1. The standard InChI is InChI=1S/C22H26Cl3N3O4S/c1-4-11-26-22(30)15(2)28(13-16-5-10-19(24)20(25)12-16)21(29)14-27(3)33(31,32)18-8-6-17(23)7-9-18/h5-10,12,15H,4,11,13-14H2,1-3H3,(H,26,30)/t15-/m1/s1.